The van der Waals surface area contributed by atoms with E-state index in [0.717, 1.165) is 45.5 Å². The van der Waals surface area contributed by atoms with E-state index in [4.69, 9.17) is 9.47 Å². The summed E-state index contributed by atoms with van der Waals surface area (Å²) in [6, 6.07) is 0. The molecule has 116 valence electrons. The molecule has 2 heterocycles. The van der Waals surface area contributed by atoms with Gasteiger partial charge >= 0.3 is 0 Å². The fourth-order valence-corrected chi connectivity index (χ4v) is 4.82. The van der Waals surface area contributed by atoms with E-state index in [2.05, 4.69) is 27.7 Å². The average molecular weight is 282 g/mol. The van der Waals surface area contributed by atoms with Crippen LogP contribution in [0.25, 0.3) is 0 Å². The molecule has 1 aliphatic carbocycles. The van der Waals surface area contributed by atoms with Gasteiger partial charge in [0.2, 0.25) is 0 Å². The lowest BCUT2D eigenvalue weighted by molar-refractivity contribution is -0.161. The molecule has 2 atom stereocenters. The number of aliphatic hydroxyl groups is 1. The second kappa shape index (κ2) is 4.69. The molecule has 2 saturated heterocycles. The maximum Gasteiger partial charge on any atom is 0.0730 e. The summed E-state index contributed by atoms with van der Waals surface area (Å²) < 4.78 is 11.6. The molecule has 2 aliphatic heterocycles. The van der Waals surface area contributed by atoms with Crippen LogP contribution in [0.4, 0.5) is 0 Å². The molecule has 1 N–H and O–H groups in total. The lowest BCUT2D eigenvalue weighted by Crippen LogP contribution is -2.47. The van der Waals surface area contributed by atoms with Gasteiger partial charge in [0, 0.05) is 19.8 Å². The fraction of sp³-hybridized carbons (Fsp3) is 1.00. The van der Waals surface area contributed by atoms with E-state index in [9.17, 15) is 5.11 Å². The molecule has 0 amide bonds. The Morgan fingerprint density at radius 1 is 1.00 bits per heavy atom. The van der Waals surface area contributed by atoms with Crippen molar-refractivity contribution < 1.29 is 14.6 Å². The normalized spacial score (nSPS) is 36.8. The summed E-state index contributed by atoms with van der Waals surface area (Å²) in [4.78, 5) is 0. The minimum absolute atomic E-state index is 0.00861. The zero-order chi connectivity index (χ0) is 14.6. The highest BCUT2D eigenvalue weighted by molar-refractivity contribution is 5.16. The Hall–Kier alpha value is -0.120. The topological polar surface area (TPSA) is 38.7 Å². The predicted molar refractivity (Wildman–Crippen MR) is 78.5 cm³/mol. The zero-order valence-electron chi connectivity index (χ0n) is 13.4. The summed E-state index contributed by atoms with van der Waals surface area (Å²) in [7, 11) is 0. The molecule has 2 unspecified atom stereocenters. The molecule has 0 bridgehead atoms. The number of ether oxygens (including phenoxy) is 2. The van der Waals surface area contributed by atoms with Crippen LogP contribution < -0.4 is 0 Å². The van der Waals surface area contributed by atoms with E-state index in [-0.39, 0.29) is 22.5 Å². The van der Waals surface area contributed by atoms with E-state index < -0.39 is 0 Å². The molecule has 1 spiro atoms. The third kappa shape index (κ3) is 2.13. The van der Waals surface area contributed by atoms with E-state index >= 15 is 0 Å². The fourth-order valence-electron chi connectivity index (χ4n) is 4.82. The maximum absolute atomic E-state index is 10.9. The summed E-state index contributed by atoms with van der Waals surface area (Å²) >= 11 is 0. The van der Waals surface area contributed by atoms with Gasteiger partial charge in [0.1, 0.15) is 0 Å². The van der Waals surface area contributed by atoms with E-state index in [1.807, 2.05) is 0 Å². The summed E-state index contributed by atoms with van der Waals surface area (Å²) in [5.41, 5.74) is 0.506. The summed E-state index contributed by atoms with van der Waals surface area (Å²) in [6.45, 7) is 11.6. The first-order valence-corrected chi connectivity index (χ1v) is 8.20. The van der Waals surface area contributed by atoms with Crippen molar-refractivity contribution >= 4 is 0 Å². The third-order valence-corrected chi connectivity index (χ3v) is 6.89. The molecule has 3 aliphatic rings. The van der Waals surface area contributed by atoms with Crippen LogP contribution in [-0.2, 0) is 9.47 Å². The van der Waals surface area contributed by atoms with Crippen LogP contribution in [0.3, 0.4) is 0 Å². The van der Waals surface area contributed by atoms with E-state index in [0.29, 0.717) is 11.8 Å². The van der Waals surface area contributed by atoms with Crippen LogP contribution in [0.2, 0.25) is 0 Å². The Morgan fingerprint density at radius 2 is 1.60 bits per heavy atom. The van der Waals surface area contributed by atoms with Gasteiger partial charge in [-0.3, -0.25) is 0 Å². The van der Waals surface area contributed by atoms with Gasteiger partial charge in [-0.1, -0.05) is 27.7 Å². The first-order chi connectivity index (χ1) is 9.30. The lowest BCUT2D eigenvalue weighted by Gasteiger charge is -2.44. The number of aliphatic hydroxyl groups excluding tert-OH is 1. The number of hydrogen-bond donors (Lipinski definition) is 1. The van der Waals surface area contributed by atoms with Crippen molar-refractivity contribution in [3.05, 3.63) is 0 Å². The van der Waals surface area contributed by atoms with Gasteiger partial charge in [0.15, 0.2) is 0 Å². The molecule has 3 heteroatoms. The Labute approximate surface area is 123 Å². The van der Waals surface area contributed by atoms with E-state index in [1.54, 1.807) is 0 Å². The zero-order valence-corrected chi connectivity index (χ0v) is 13.4. The first kappa shape index (κ1) is 14.8. The molecule has 0 aromatic heterocycles. The lowest BCUT2D eigenvalue weighted by atomic mass is 9.76. The van der Waals surface area contributed by atoms with Crippen LogP contribution >= 0.6 is 0 Å². The predicted octanol–water partition coefficient (Wildman–Crippen LogP) is 3.01. The Kier molecular flexibility index (Phi) is 3.47. The molecule has 3 nitrogen and oxygen atoms in total. The number of rotatable bonds is 2. The SMILES string of the molecule is CC1(C)C(C(O)C2CCOC3(CCOCC3)C2)C1(C)C. The van der Waals surface area contributed by atoms with Crippen LogP contribution in [0.15, 0.2) is 0 Å². The highest BCUT2D eigenvalue weighted by atomic mass is 16.5. The maximum atomic E-state index is 10.9. The van der Waals surface area contributed by atoms with Crippen LogP contribution in [0.1, 0.15) is 53.4 Å². The summed E-state index contributed by atoms with van der Waals surface area (Å²) in [6.07, 6.45) is 3.83. The molecular formula is C17H30O3. The van der Waals surface area contributed by atoms with Gasteiger partial charge in [0.25, 0.3) is 0 Å². The quantitative estimate of drug-likeness (QED) is 0.846. The summed E-state index contributed by atoms with van der Waals surface area (Å²) in [5.74, 6) is 0.822. The molecule has 0 aromatic carbocycles. The smallest absolute Gasteiger partial charge is 0.0730 e. The second-order valence-electron chi connectivity index (χ2n) is 8.31. The summed E-state index contributed by atoms with van der Waals surface area (Å²) in [5, 5.41) is 10.9. The monoisotopic (exact) mass is 282 g/mol. The van der Waals surface area contributed by atoms with Gasteiger partial charge in [-0.15, -0.1) is 0 Å². The van der Waals surface area contributed by atoms with Crippen molar-refractivity contribution in [1.29, 1.82) is 0 Å². The largest absolute Gasteiger partial charge is 0.393 e. The van der Waals surface area contributed by atoms with Gasteiger partial charge < -0.3 is 14.6 Å². The minimum Gasteiger partial charge on any atom is -0.393 e. The molecule has 3 fully saturated rings. The molecular weight excluding hydrogens is 252 g/mol. The average Bonchev–Trinajstić information content (AvgIpc) is 2.80. The molecule has 3 rings (SSSR count). The first-order valence-electron chi connectivity index (χ1n) is 8.20. The van der Waals surface area contributed by atoms with Gasteiger partial charge in [0.05, 0.1) is 11.7 Å². The molecule has 0 aromatic rings. The minimum atomic E-state index is -0.177. The van der Waals surface area contributed by atoms with Crippen molar-refractivity contribution in [2.45, 2.75) is 65.1 Å². The van der Waals surface area contributed by atoms with Crippen LogP contribution in [-0.4, -0.2) is 36.6 Å². The third-order valence-electron chi connectivity index (χ3n) is 6.89. The van der Waals surface area contributed by atoms with Crippen molar-refractivity contribution in [3.63, 3.8) is 0 Å². The van der Waals surface area contributed by atoms with Crippen LogP contribution in [0, 0.1) is 22.7 Å². The van der Waals surface area contributed by atoms with Gasteiger partial charge in [-0.25, -0.2) is 0 Å². The van der Waals surface area contributed by atoms with Crippen LogP contribution in [0.5, 0.6) is 0 Å². The van der Waals surface area contributed by atoms with E-state index in [1.165, 1.54) is 0 Å². The van der Waals surface area contributed by atoms with Crippen molar-refractivity contribution in [1.82, 2.24) is 0 Å². The second-order valence-corrected chi connectivity index (χ2v) is 8.31. The number of hydrogen-bond acceptors (Lipinski definition) is 3. The Bertz CT molecular complexity index is 349. The highest BCUT2D eigenvalue weighted by Gasteiger charge is 2.68. The molecule has 1 saturated carbocycles. The van der Waals surface area contributed by atoms with Gasteiger partial charge in [-0.2, -0.15) is 0 Å². The standard InChI is InChI=1S/C17H30O3/c1-15(2)14(16(15,3)4)13(18)12-5-8-20-17(11-12)6-9-19-10-7-17/h12-14,18H,5-11H2,1-4H3. The molecule has 20 heavy (non-hydrogen) atoms. The Morgan fingerprint density at radius 3 is 2.15 bits per heavy atom. The van der Waals surface area contributed by atoms with Crippen molar-refractivity contribution in [3.8, 4) is 0 Å². The Balaban J connectivity index is 1.68. The molecule has 0 radical (unpaired) electrons. The highest BCUT2D eigenvalue weighted by Crippen LogP contribution is 2.70. The van der Waals surface area contributed by atoms with Gasteiger partial charge in [-0.05, 0) is 48.3 Å². The van der Waals surface area contributed by atoms with Crippen molar-refractivity contribution in [2.75, 3.05) is 19.8 Å². The van der Waals surface area contributed by atoms with Crippen molar-refractivity contribution in [2.24, 2.45) is 22.7 Å².